The largest absolute Gasteiger partial charge is 0.395 e. The van der Waals surface area contributed by atoms with Gasteiger partial charge in [-0.3, -0.25) is 0 Å². The third-order valence-electron chi connectivity index (χ3n) is 4.04. The standard InChI is InChI=1S/C12H22O4S/c13-6-8-9(14)10(15)11(16)12(17-8)7-4-2-1-3-5-7/h7-16H,1-6H2/t8-,9+,10+,11-,12+/m1/s1. The van der Waals surface area contributed by atoms with Crippen molar-refractivity contribution in [2.24, 2.45) is 5.92 Å². The summed E-state index contributed by atoms with van der Waals surface area (Å²) in [6, 6.07) is 0. The van der Waals surface area contributed by atoms with Crippen LogP contribution in [0, 0.1) is 5.92 Å². The summed E-state index contributed by atoms with van der Waals surface area (Å²) < 4.78 is 0. The van der Waals surface area contributed by atoms with E-state index in [0.29, 0.717) is 5.92 Å². The molecule has 0 unspecified atom stereocenters. The third kappa shape index (κ3) is 2.79. The maximum atomic E-state index is 10.1. The predicted molar refractivity (Wildman–Crippen MR) is 66.8 cm³/mol. The van der Waals surface area contributed by atoms with E-state index in [4.69, 9.17) is 0 Å². The van der Waals surface area contributed by atoms with Crippen molar-refractivity contribution in [3.63, 3.8) is 0 Å². The highest BCUT2D eigenvalue weighted by Crippen LogP contribution is 2.41. The summed E-state index contributed by atoms with van der Waals surface area (Å²) in [5.74, 6) is 0.403. The zero-order chi connectivity index (χ0) is 12.4. The Bertz CT molecular complexity index is 241. The first-order valence-electron chi connectivity index (χ1n) is 6.45. The fourth-order valence-electron chi connectivity index (χ4n) is 2.98. The lowest BCUT2D eigenvalue weighted by molar-refractivity contribution is -0.0758. The molecule has 2 rings (SSSR count). The average Bonchev–Trinajstić information content (AvgIpc) is 2.37. The summed E-state index contributed by atoms with van der Waals surface area (Å²) in [6.07, 6.45) is 2.73. The molecule has 0 spiro atoms. The van der Waals surface area contributed by atoms with Gasteiger partial charge in [0.1, 0.15) is 6.10 Å². The van der Waals surface area contributed by atoms with Crippen molar-refractivity contribution in [2.45, 2.75) is 60.9 Å². The van der Waals surface area contributed by atoms with Gasteiger partial charge in [0, 0.05) is 5.25 Å². The smallest absolute Gasteiger partial charge is 0.108 e. The minimum atomic E-state index is -1.12. The molecule has 0 amide bonds. The Morgan fingerprint density at radius 3 is 2.12 bits per heavy atom. The molecule has 1 aliphatic heterocycles. The molecular weight excluding hydrogens is 240 g/mol. The normalized spacial score (nSPS) is 44.8. The molecule has 4 N–H and O–H groups in total. The summed E-state index contributed by atoms with van der Waals surface area (Å²) >= 11 is 1.45. The highest BCUT2D eigenvalue weighted by atomic mass is 32.2. The Kier molecular flexibility index (Phi) is 4.72. The van der Waals surface area contributed by atoms with Crippen molar-refractivity contribution in [1.82, 2.24) is 0 Å². The quantitative estimate of drug-likeness (QED) is 0.568. The molecule has 4 nitrogen and oxygen atoms in total. The molecule has 5 heteroatoms. The van der Waals surface area contributed by atoms with Crippen molar-refractivity contribution < 1.29 is 20.4 Å². The third-order valence-corrected chi connectivity index (χ3v) is 5.80. The van der Waals surface area contributed by atoms with E-state index in [-0.39, 0.29) is 17.1 Å². The van der Waals surface area contributed by atoms with Crippen molar-refractivity contribution in [1.29, 1.82) is 0 Å². The highest BCUT2D eigenvalue weighted by molar-refractivity contribution is 8.00. The average molecular weight is 262 g/mol. The Balaban J connectivity index is 2.04. The topological polar surface area (TPSA) is 80.9 Å². The number of aliphatic hydroxyl groups is 4. The van der Waals surface area contributed by atoms with Crippen molar-refractivity contribution in [2.75, 3.05) is 6.61 Å². The molecule has 1 aliphatic carbocycles. The van der Waals surface area contributed by atoms with E-state index in [2.05, 4.69) is 0 Å². The molecule has 0 aromatic heterocycles. The first-order valence-corrected chi connectivity index (χ1v) is 7.40. The van der Waals surface area contributed by atoms with Crippen molar-refractivity contribution in [3.8, 4) is 0 Å². The predicted octanol–water partition coefficient (Wildman–Crippen LogP) is 0.126. The van der Waals surface area contributed by atoms with Gasteiger partial charge < -0.3 is 20.4 Å². The second-order valence-corrected chi connectivity index (χ2v) is 6.61. The van der Waals surface area contributed by atoms with Crippen LogP contribution in [0.5, 0.6) is 0 Å². The molecule has 0 radical (unpaired) electrons. The van der Waals surface area contributed by atoms with Gasteiger partial charge in [0.15, 0.2) is 0 Å². The lowest BCUT2D eigenvalue weighted by Gasteiger charge is -2.43. The van der Waals surface area contributed by atoms with Gasteiger partial charge in [0.25, 0.3) is 0 Å². The summed E-state index contributed by atoms with van der Waals surface area (Å²) in [5, 5.41) is 38.4. The number of aliphatic hydroxyl groups excluding tert-OH is 4. The minimum Gasteiger partial charge on any atom is -0.395 e. The zero-order valence-corrected chi connectivity index (χ0v) is 10.7. The van der Waals surface area contributed by atoms with Crippen molar-refractivity contribution >= 4 is 11.8 Å². The molecule has 1 saturated carbocycles. The van der Waals surface area contributed by atoms with E-state index in [1.54, 1.807) is 0 Å². The number of hydrogen-bond donors (Lipinski definition) is 4. The van der Waals surface area contributed by atoms with Gasteiger partial charge >= 0.3 is 0 Å². The molecule has 0 bridgehead atoms. The van der Waals surface area contributed by atoms with Crippen LogP contribution in [-0.2, 0) is 0 Å². The van der Waals surface area contributed by atoms with Gasteiger partial charge in [-0.25, -0.2) is 0 Å². The van der Waals surface area contributed by atoms with E-state index >= 15 is 0 Å². The van der Waals surface area contributed by atoms with Crippen molar-refractivity contribution in [3.05, 3.63) is 0 Å². The second-order valence-electron chi connectivity index (χ2n) is 5.19. The highest BCUT2D eigenvalue weighted by Gasteiger charge is 2.45. The van der Waals surface area contributed by atoms with Crippen LogP contribution in [0.3, 0.4) is 0 Å². The van der Waals surface area contributed by atoms with Crippen LogP contribution in [0.2, 0.25) is 0 Å². The van der Waals surface area contributed by atoms with Crippen LogP contribution in [0.4, 0.5) is 0 Å². The van der Waals surface area contributed by atoms with E-state index in [0.717, 1.165) is 12.8 Å². The van der Waals surface area contributed by atoms with Gasteiger partial charge in [-0.05, 0) is 18.8 Å². The molecule has 0 aromatic rings. The molecule has 17 heavy (non-hydrogen) atoms. The summed E-state index contributed by atoms with van der Waals surface area (Å²) in [6.45, 7) is -0.154. The number of rotatable bonds is 2. The molecule has 100 valence electrons. The molecule has 2 aliphatic rings. The van der Waals surface area contributed by atoms with Gasteiger partial charge in [0.2, 0.25) is 0 Å². The lowest BCUT2D eigenvalue weighted by Crippen LogP contribution is -2.55. The maximum absolute atomic E-state index is 10.1. The van der Waals surface area contributed by atoms with Gasteiger partial charge in [-0.2, -0.15) is 0 Å². The molecule has 5 atom stereocenters. The van der Waals surface area contributed by atoms with Crippen LogP contribution in [-0.4, -0.2) is 55.8 Å². The van der Waals surface area contributed by atoms with Gasteiger partial charge in [-0.1, -0.05) is 19.3 Å². The first kappa shape index (κ1) is 13.6. The lowest BCUT2D eigenvalue weighted by atomic mass is 9.83. The maximum Gasteiger partial charge on any atom is 0.108 e. The Morgan fingerprint density at radius 1 is 0.882 bits per heavy atom. The Labute approximate surface area is 106 Å². The van der Waals surface area contributed by atoms with Gasteiger partial charge in [0.05, 0.1) is 24.1 Å². The molecule has 0 aromatic carbocycles. The SMILES string of the molecule is OC[C@H]1S[C@@H](C2CCCCC2)[C@H](O)[C@@H](O)[C@H]1O. The molecule has 2 fully saturated rings. The van der Waals surface area contributed by atoms with E-state index < -0.39 is 18.3 Å². The molecule has 1 heterocycles. The van der Waals surface area contributed by atoms with Crippen LogP contribution in [0.15, 0.2) is 0 Å². The number of hydrogen-bond acceptors (Lipinski definition) is 5. The molecule has 1 saturated heterocycles. The minimum absolute atomic E-state index is 0.0501. The van der Waals surface area contributed by atoms with E-state index in [1.165, 1.54) is 31.0 Å². The Morgan fingerprint density at radius 2 is 1.53 bits per heavy atom. The monoisotopic (exact) mass is 262 g/mol. The van der Waals surface area contributed by atoms with E-state index in [1.807, 2.05) is 0 Å². The van der Waals surface area contributed by atoms with Crippen LogP contribution in [0.25, 0.3) is 0 Å². The van der Waals surface area contributed by atoms with Crippen LogP contribution in [0.1, 0.15) is 32.1 Å². The molecular formula is C12H22O4S. The van der Waals surface area contributed by atoms with Crippen LogP contribution < -0.4 is 0 Å². The first-order chi connectivity index (χ1) is 8.15. The zero-order valence-electron chi connectivity index (χ0n) is 9.90. The van der Waals surface area contributed by atoms with Crippen LogP contribution >= 0.6 is 11.8 Å². The fourth-order valence-corrected chi connectivity index (χ4v) is 4.61. The Hall–Kier alpha value is 0.190. The summed E-state index contributed by atoms with van der Waals surface area (Å²) in [7, 11) is 0. The van der Waals surface area contributed by atoms with E-state index in [9.17, 15) is 20.4 Å². The second kappa shape index (κ2) is 5.89. The summed E-state index contributed by atoms with van der Waals surface area (Å²) in [5.41, 5.74) is 0. The summed E-state index contributed by atoms with van der Waals surface area (Å²) in [4.78, 5) is 0. The van der Waals surface area contributed by atoms with Gasteiger partial charge in [-0.15, -0.1) is 11.8 Å². The fraction of sp³-hybridized carbons (Fsp3) is 1.00. The number of thioether (sulfide) groups is 1.